The quantitative estimate of drug-likeness (QED) is 0.763. The van der Waals surface area contributed by atoms with Crippen molar-refractivity contribution in [2.45, 2.75) is 19.8 Å². The molecule has 1 aliphatic rings. The molecule has 0 aliphatic carbocycles. The van der Waals surface area contributed by atoms with Crippen molar-refractivity contribution in [3.05, 3.63) is 42.4 Å². The van der Waals surface area contributed by atoms with Crippen molar-refractivity contribution in [2.24, 2.45) is 5.92 Å². The molecule has 1 saturated heterocycles. The monoisotopic (exact) mass is 353 g/mol. The van der Waals surface area contributed by atoms with Crippen LogP contribution in [0, 0.1) is 12.8 Å². The van der Waals surface area contributed by atoms with Gasteiger partial charge in [0.05, 0.1) is 0 Å². The second kappa shape index (κ2) is 6.95. The molecule has 0 aromatic carbocycles. The lowest BCUT2D eigenvalue weighted by Gasteiger charge is -2.31. The average molecular weight is 353 g/mol. The fourth-order valence-electron chi connectivity index (χ4n) is 3.04. The molecule has 0 spiro atoms. The van der Waals surface area contributed by atoms with Crippen LogP contribution in [-0.2, 0) is 4.79 Å². The van der Waals surface area contributed by atoms with E-state index in [-0.39, 0.29) is 11.8 Å². The van der Waals surface area contributed by atoms with Crippen LogP contribution in [0.15, 0.2) is 41.2 Å². The third-order valence-corrected chi connectivity index (χ3v) is 4.44. The Labute approximate surface area is 150 Å². The number of rotatable bonds is 4. The van der Waals surface area contributed by atoms with E-state index in [1.54, 1.807) is 23.9 Å². The van der Waals surface area contributed by atoms with Crippen molar-refractivity contribution in [1.82, 2.24) is 25.1 Å². The van der Waals surface area contributed by atoms with Crippen LogP contribution in [0.5, 0.6) is 0 Å². The maximum atomic E-state index is 12.3. The molecule has 1 fully saturated rings. The number of hydrogen-bond acceptors (Lipinski definition) is 7. The number of carbonyl (C=O) groups excluding carboxylic acids is 1. The maximum Gasteiger partial charge on any atom is 0.228 e. The lowest BCUT2D eigenvalue weighted by atomic mass is 9.96. The van der Waals surface area contributed by atoms with Gasteiger partial charge in [0.25, 0.3) is 0 Å². The fourth-order valence-corrected chi connectivity index (χ4v) is 3.04. The summed E-state index contributed by atoms with van der Waals surface area (Å²) in [5.41, 5.74) is 0. The molecule has 0 saturated carbocycles. The Hall–Kier alpha value is -3.23. The van der Waals surface area contributed by atoms with Gasteiger partial charge >= 0.3 is 0 Å². The van der Waals surface area contributed by atoms with E-state index < -0.39 is 0 Å². The smallest absolute Gasteiger partial charge is 0.228 e. The molecule has 134 valence electrons. The molecule has 4 heterocycles. The van der Waals surface area contributed by atoms with Gasteiger partial charge in [0, 0.05) is 37.5 Å². The zero-order valence-electron chi connectivity index (χ0n) is 14.4. The molecule has 9 nitrogen and oxygen atoms in total. The fraction of sp³-hybridized carbons (Fsp3) is 0.353. The summed E-state index contributed by atoms with van der Waals surface area (Å²) >= 11 is 0. The van der Waals surface area contributed by atoms with Crippen LogP contribution in [-0.4, -0.2) is 44.1 Å². The highest BCUT2D eigenvalue weighted by Crippen LogP contribution is 2.23. The van der Waals surface area contributed by atoms with Gasteiger partial charge in [-0.15, -0.1) is 10.2 Å². The normalized spacial score (nSPS) is 15.2. The summed E-state index contributed by atoms with van der Waals surface area (Å²) in [6, 6.07) is 7.37. The minimum Gasteiger partial charge on any atom is -0.360 e. The summed E-state index contributed by atoms with van der Waals surface area (Å²) in [4.78, 5) is 14.5. The van der Waals surface area contributed by atoms with Gasteiger partial charge in [-0.1, -0.05) is 5.16 Å². The molecule has 0 atom stereocenters. The van der Waals surface area contributed by atoms with E-state index in [0.29, 0.717) is 17.4 Å². The molecule has 1 amide bonds. The predicted molar refractivity (Wildman–Crippen MR) is 94.0 cm³/mol. The number of nitrogens with one attached hydrogen (secondary N) is 1. The highest BCUT2D eigenvalue weighted by molar-refractivity contribution is 5.91. The summed E-state index contributed by atoms with van der Waals surface area (Å²) in [7, 11) is 0. The molecule has 3 aromatic rings. The Bertz CT molecular complexity index is 865. The second-order valence-electron chi connectivity index (χ2n) is 6.27. The Balaban J connectivity index is 1.33. The number of hydrogen-bond donors (Lipinski definition) is 1. The van der Waals surface area contributed by atoms with Gasteiger partial charge in [-0.25, -0.2) is 4.68 Å². The van der Waals surface area contributed by atoms with E-state index in [4.69, 9.17) is 4.52 Å². The number of piperidine rings is 1. The SMILES string of the molecule is Cc1cc(NC(=O)C2CCN(c3ccc(-n4cccn4)nn3)CC2)no1. The number of nitrogens with zero attached hydrogens (tertiary/aromatic N) is 6. The molecule has 3 aromatic heterocycles. The molecule has 0 unspecified atom stereocenters. The van der Waals surface area contributed by atoms with Crippen molar-refractivity contribution >= 4 is 17.5 Å². The van der Waals surface area contributed by atoms with Crippen molar-refractivity contribution in [3.63, 3.8) is 0 Å². The zero-order chi connectivity index (χ0) is 17.9. The largest absolute Gasteiger partial charge is 0.360 e. The van der Waals surface area contributed by atoms with Crippen molar-refractivity contribution in [2.75, 3.05) is 23.3 Å². The number of aryl methyl sites for hydroxylation is 1. The van der Waals surface area contributed by atoms with Crippen molar-refractivity contribution < 1.29 is 9.32 Å². The summed E-state index contributed by atoms with van der Waals surface area (Å²) in [6.07, 6.45) is 5.03. The van der Waals surface area contributed by atoms with E-state index in [1.165, 1.54) is 0 Å². The standard InChI is InChI=1S/C17H19N7O2/c1-12-11-14(22-26-12)19-17(25)13-5-9-23(10-6-13)15-3-4-16(21-20-15)24-8-2-7-18-24/h2-4,7-8,11,13H,5-6,9-10H2,1H3,(H,19,22,25). The number of carbonyl (C=O) groups is 1. The van der Waals surface area contributed by atoms with Gasteiger partial charge in [0.1, 0.15) is 5.76 Å². The van der Waals surface area contributed by atoms with E-state index in [2.05, 4.69) is 30.7 Å². The van der Waals surface area contributed by atoms with Crippen LogP contribution < -0.4 is 10.2 Å². The third-order valence-electron chi connectivity index (χ3n) is 4.44. The van der Waals surface area contributed by atoms with Crippen LogP contribution in [0.3, 0.4) is 0 Å². The van der Waals surface area contributed by atoms with Gasteiger partial charge in [0.2, 0.25) is 5.91 Å². The minimum absolute atomic E-state index is 0.0157. The number of aromatic nitrogens is 5. The summed E-state index contributed by atoms with van der Waals surface area (Å²) in [5.74, 6) is 2.57. The van der Waals surface area contributed by atoms with Gasteiger partial charge in [-0.2, -0.15) is 5.10 Å². The van der Waals surface area contributed by atoms with Crippen molar-refractivity contribution in [3.8, 4) is 5.82 Å². The van der Waals surface area contributed by atoms with Gasteiger partial charge < -0.3 is 14.7 Å². The Morgan fingerprint density at radius 3 is 2.62 bits per heavy atom. The van der Waals surface area contributed by atoms with E-state index in [0.717, 1.165) is 31.7 Å². The Morgan fingerprint density at radius 2 is 2.00 bits per heavy atom. The van der Waals surface area contributed by atoms with Gasteiger partial charge in [0.15, 0.2) is 17.5 Å². The summed E-state index contributed by atoms with van der Waals surface area (Å²) in [5, 5.41) is 19.3. The molecule has 1 aliphatic heterocycles. The van der Waals surface area contributed by atoms with Crippen LogP contribution in [0.1, 0.15) is 18.6 Å². The van der Waals surface area contributed by atoms with Gasteiger partial charge in [-0.3, -0.25) is 4.79 Å². The lowest BCUT2D eigenvalue weighted by Crippen LogP contribution is -2.38. The van der Waals surface area contributed by atoms with E-state index >= 15 is 0 Å². The number of anilines is 2. The highest BCUT2D eigenvalue weighted by atomic mass is 16.5. The van der Waals surface area contributed by atoms with Crippen LogP contribution in [0.2, 0.25) is 0 Å². The first-order valence-corrected chi connectivity index (χ1v) is 8.52. The summed E-state index contributed by atoms with van der Waals surface area (Å²) in [6.45, 7) is 3.30. The summed E-state index contributed by atoms with van der Waals surface area (Å²) < 4.78 is 6.64. The van der Waals surface area contributed by atoms with E-state index in [1.807, 2.05) is 24.4 Å². The Kier molecular flexibility index (Phi) is 4.34. The lowest BCUT2D eigenvalue weighted by molar-refractivity contribution is -0.120. The maximum absolute atomic E-state index is 12.3. The predicted octanol–water partition coefficient (Wildman–Crippen LogP) is 1.81. The first-order chi connectivity index (χ1) is 12.7. The molecule has 0 bridgehead atoms. The molecule has 0 radical (unpaired) electrons. The average Bonchev–Trinajstić information content (AvgIpc) is 3.34. The molecular weight excluding hydrogens is 334 g/mol. The van der Waals surface area contributed by atoms with Crippen molar-refractivity contribution in [1.29, 1.82) is 0 Å². The Morgan fingerprint density at radius 1 is 1.23 bits per heavy atom. The first kappa shape index (κ1) is 16.2. The van der Waals surface area contributed by atoms with Gasteiger partial charge in [-0.05, 0) is 38.0 Å². The molecule has 26 heavy (non-hydrogen) atoms. The highest BCUT2D eigenvalue weighted by Gasteiger charge is 2.26. The number of amides is 1. The molecule has 4 rings (SSSR count). The molecule has 9 heteroatoms. The molecular formula is C17H19N7O2. The molecule has 1 N–H and O–H groups in total. The van der Waals surface area contributed by atoms with E-state index in [9.17, 15) is 4.79 Å². The topological polar surface area (TPSA) is 102 Å². The zero-order valence-corrected chi connectivity index (χ0v) is 14.4. The third kappa shape index (κ3) is 3.41. The van der Waals surface area contributed by atoms with Crippen LogP contribution >= 0.6 is 0 Å². The first-order valence-electron chi connectivity index (χ1n) is 8.52. The minimum atomic E-state index is -0.0421. The second-order valence-corrected chi connectivity index (χ2v) is 6.27. The van der Waals surface area contributed by atoms with Crippen LogP contribution in [0.4, 0.5) is 11.6 Å². The van der Waals surface area contributed by atoms with Crippen LogP contribution in [0.25, 0.3) is 5.82 Å².